The van der Waals surface area contributed by atoms with E-state index < -0.39 is 0 Å². The van der Waals surface area contributed by atoms with Gasteiger partial charge in [-0.25, -0.2) is 4.98 Å². The Morgan fingerprint density at radius 2 is 2.21 bits per heavy atom. The van der Waals surface area contributed by atoms with E-state index in [4.69, 9.17) is 21.7 Å². The van der Waals surface area contributed by atoms with Gasteiger partial charge in [-0.15, -0.1) is 0 Å². The third kappa shape index (κ3) is 3.75. The van der Waals surface area contributed by atoms with E-state index in [1.54, 1.807) is 23.0 Å². The molecule has 4 rings (SSSR count). The average Bonchev–Trinajstić information content (AvgIpc) is 3.15. The Balaban J connectivity index is 1.80. The molecule has 1 aliphatic heterocycles. The third-order valence-electron chi connectivity index (χ3n) is 5.20. The number of pyridine rings is 1. The van der Waals surface area contributed by atoms with Crippen molar-refractivity contribution in [1.29, 1.82) is 0 Å². The predicted octanol–water partition coefficient (Wildman–Crippen LogP) is 3.62. The number of benzene rings is 1. The summed E-state index contributed by atoms with van der Waals surface area (Å²) < 4.78 is 1.66. The van der Waals surface area contributed by atoms with E-state index >= 15 is 0 Å². The van der Waals surface area contributed by atoms with Gasteiger partial charge in [0.15, 0.2) is 0 Å². The maximum Gasteiger partial charge on any atom is 0.254 e. The van der Waals surface area contributed by atoms with Gasteiger partial charge in [0.05, 0.1) is 36.1 Å². The standard InChI is InChI=1S/C21H23ClN4O2/c1-14-3-2-6-25(12-14)21(28)18-10-19(15-11-23-26(13-15)7-8-27)24-20-9-16(22)4-5-17(18)20/h4-5,9-11,13-14,27H,2-3,6-8,12H2,1H3/t14-/m0/s1. The molecule has 6 nitrogen and oxygen atoms in total. The molecule has 0 spiro atoms. The second kappa shape index (κ2) is 7.89. The quantitative estimate of drug-likeness (QED) is 0.728. The fourth-order valence-corrected chi connectivity index (χ4v) is 3.96. The highest BCUT2D eigenvalue weighted by Gasteiger charge is 2.24. The SMILES string of the molecule is C[C@H]1CCCN(C(=O)c2cc(-c3cnn(CCO)c3)nc3cc(Cl)ccc23)C1. The number of amides is 1. The van der Waals surface area contributed by atoms with Crippen molar-refractivity contribution in [3.8, 4) is 11.3 Å². The Morgan fingerprint density at radius 1 is 1.36 bits per heavy atom. The molecule has 0 saturated carbocycles. The molecule has 1 aromatic carbocycles. The molecule has 0 unspecified atom stereocenters. The molecule has 1 N–H and O–H groups in total. The molecule has 1 atom stereocenters. The zero-order chi connectivity index (χ0) is 19.7. The average molecular weight is 399 g/mol. The van der Waals surface area contributed by atoms with E-state index in [1.165, 1.54) is 0 Å². The number of likely N-dealkylation sites (tertiary alicyclic amines) is 1. The maximum atomic E-state index is 13.3. The first kappa shape index (κ1) is 18.9. The lowest BCUT2D eigenvalue weighted by Crippen LogP contribution is -2.39. The van der Waals surface area contributed by atoms with E-state index in [0.29, 0.717) is 34.3 Å². The van der Waals surface area contributed by atoms with Gasteiger partial charge in [-0.1, -0.05) is 24.6 Å². The van der Waals surface area contributed by atoms with Crippen LogP contribution in [0.1, 0.15) is 30.1 Å². The number of rotatable bonds is 4. The van der Waals surface area contributed by atoms with Gasteiger partial charge in [0.1, 0.15) is 0 Å². The summed E-state index contributed by atoms with van der Waals surface area (Å²) in [6, 6.07) is 7.29. The molecule has 1 aliphatic rings. The van der Waals surface area contributed by atoms with Crippen LogP contribution in [0.5, 0.6) is 0 Å². The number of halogens is 1. The first-order chi connectivity index (χ1) is 13.5. The molecule has 0 bridgehead atoms. The van der Waals surface area contributed by atoms with Crippen LogP contribution in [0.4, 0.5) is 0 Å². The van der Waals surface area contributed by atoms with Crippen LogP contribution in [0.3, 0.4) is 0 Å². The smallest absolute Gasteiger partial charge is 0.254 e. The summed E-state index contributed by atoms with van der Waals surface area (Å²) in [6.45, 7) is 4.17. The lowest BCUT2D eigenvalue weighted by atomic mass is 9.98. The van der Waals surface area contributed by atoms with Gasteiger partial charge in [0.2, 0.25) is 0 Å². The van der Waals surface area contributed by atoms with Crippen LogP contribution in [0.25, 0.3) is 22.2 Å². The molecular formula is C21H23ClN4O2. The molecular weight excluding hydrogens is 376 g/mol. The van der Waals surface area contributed by atoms with E-state index in [1.807, 2.05) is 23.2 Å². The van der Waals surface area contributed by atoms with E-state index in [2.05, 4.69) is 12.0 Å². The van der Waals surface area contributed by atoms with E-state index in [0.717, 1.165) is 36.9 Å². The van der Waals surface area contributed by atoms with Crippen LogP contribution < -0.4 is 0 Å². The van der Waals surface area contributed by atoms with Gasteiger partial charge >= 0.3 is 0 Å². The van der Waals surface area contributed by atoms with E-state index in [9.17, 15) is 4.79 Å². The van der Waals surface area contributed by atoms with Crippen molar-refractivity contribution in [2.45, 2.75) is 26.3 Å². The van der Waals surface area contributed by atoms with Gasteiger partial charge in [0, 0.05) is 35.3 Å². The van der Waals surface area contributed by atoms with Gasteiger partial charge in [-0.05, 0) is 37.0 Å². The van der Waals surface area contributed by atoms with Crippen LogP contribution in [0.2, 0.25) is 5.02 Å². The summed E-state index contributed by atoms with van der Waals surface area (Å²) in [7, 11) is 0. The number of piperidine rings is 1. The molecule has 0 radical (unpaired) electrons. The number of carbonyl (C=O) groups is 1. The molecule has 146 valence electrons. The number of aliphatic hydroxyl groups is 1. The Labute approximate surface area is 168 Å². The Hall–Kier alpha value is -2.44. The Kier molecular flexibility index (Phi) is 5.33. The largest absolute Gasteiger partial charge is 0.394 e. The van der Waals surface area contributed by atoms with Crippen LogP contribution in [0, 0.1) is 5.92 Å². The molecule has 7 heteroatoms. The van der Waals surface area contributed by atoms with Crippen LogP contribution >= 0.6 is 11.6 Å². The number of nitrogens with zero attached hydrogens (tertiary/aromatic N) is 4. The first-order valence-electron chi connectivity index (χ1n) is 9.58. The summed E-state index contributed by atoms with van der Waals surface area (Å²) in [6.07, 6.45) is 5.71. The van der Waals surface area contributed by atoms with Crippen molar-refractivity contribution in [3.63, 3.8) is 0 Å². The maximum absolute atomic E-state index is 13.3. The first-order valence-corrected chi connectivity index (χ1v) is 9.96. The highest BCUT2D eigenvalue weighted by atomic mass is 35.5. The molecule has 2 aromatic heterocycles. The van der Waals surface area contributed by atoms with Crippen molar-refractivity contribution < 1.29 is 9.90 Å². The normalized spacial score (nSPS) is 17.2. The summed E-state index contributed by atoms with van der Waals surface area (Å²) >= 11 is 6.18. The number of carbonyl (C=O) groups excluding carboxylic acids is 1. The van der Waals surface area contributed by atoms with E-state index in [-0.39, 0.29) is 12.5 Å². The summed E-state index contributed by atoms with van der Waals surface area (Å²) in [4.78, 5) is 20.0. The topological polar surface area (TPSA) is 71.2 Å². The zero-order valence-electron chi connectivity index (χ0n) is 15.8. The second-order valence-corrected chi connectivity index (χ2v) is 7.87. The number of hydrogen-bond donors (Lipinski definition) is 1. The minimum Gasteiger partial charge on any atom is -0.394 e. The predicted molar refractivity (Wildman–Crippen MR) is 109 cm³/mol. The molecule has 1 fully saturated rings. The van der Waals surface area contributed by atoms with Crippen LogP contribution in [0.15, 0.2) is 36.7 Å². The molecule has 1 saturated heterocycles. The number of aliphatic hydroxyl groups excluding tert-OH is 1. The van der Waals surface area contributed by atoms with Gasteiger partial charge < -0.3 is 10.0 Å². The molecule has 3 heterocycles. The molecule has 28 heavy (non-hydrogen) atoms. The minimum absolute atomic E-state index is 0.0127. The minimum atomic E-state index is 0.0127. The molecule has 3 aromatic rings. The molecule has 1 amide bonds. The fraction of sp³-hybridized carbons (Fsp3) is 0.381. The number of hydrogen-bond acceptors (Lipinski definition) is 4. The van der Waals surface area contributed by atoms with Gasteiger partial charge in [-0.2, -0.15) is 5.10 Å². The summed E-state index contributed by atoms with van der Waals surface area (Å²) in [5.74, 6) is 0.543. The van der Waals surface area contributed by atoms with Gasteiger partial charge in [-0.3, -0.25) is 9.48 Å². The van der Waals surface area contributed by atoms with Crippen LogP contribution in [-0.4, -0.2) is 50.4 Å². The fourth-order valence-electron chi connectivity index (χ4n) is 3.79. The van der Waals surface area contributed by atoms with Crippen LogP contribution in [-0.2, 0) is 6.54 Å². The third-order valence-corrected chi connectivity index (χ3v) is 5.44. The van der Waals surface area contributed by atoms with Crippen molar-refractivity contribution in [1.82, 2.24) is 19.7 Å². The Morgan fingerprint density at radius 3 is 3.00 bits per heavy atom. The number of aromatic nitrogens is 3. The van der Waals surface area contributed by atoms with Crippen molar-refractivity contribution >= 4 is 28.4 Å². The number of fused-ring (bicyclic) bond motifs is 1. The molecule has 0 aliphatic carbocycles. The summed E-state index contributed by atoms with van der Waals surface area (Å²) in [5, 5.41) is 14.7. The van der Waals surface area contributed by atoms with Crippen molar-refractivity contribution in [3.05, 3.63) is 47.2 Å². The zero-order valence-corrected chi connectivity index (χ0v) is 16.6. The highest BCUT2D eigenvalue weighted by Crippen LogP contribution is 2.29. The summed E-state index contributed by atoms with van der Waals surface area (Å²) in [5.41, 5.74) is 2.80. The Bertz CT molecular complexity index is 1020. The van der Waals surface area contributed by atoms with Gasteiger partial charge in [0.25, 0.3) is 5.91 Å². The highest BCUT2D eigenvalue weighted by molar-refractivity contribution is 6.31. The lowest BCUT2D eigenvalue weighted by molar-refractivity contribution is 0.0685. The lowest BCUT2D eigenvalue weighted by Gasteiger charge is -2.31. The monoisotopic (exact) mass is 398 g/mol. The van der Waals surface area contributed by atoms with Crippen molar-refractivity contribution in [2.24, 2.45) is 5.92 Å². The van der Waals surface area contributed by atoms with Crippen molar-refractivity contribution in [2.75, 3.05) is 19.7 Å². The second-order valence-electron chi connectivity index (χ2n) is 7.43.